The van der Waals surface area contributed by atoms with Gasteiger partial charge in [-0.2, -0.15) is 19.2 Å². The number of anilines is 4. The van der Waals surface area contributed by atoms with E-state index in [0.717, 1.165) is 178 Å². The zero-order chi connectivity index (χ0) is 68.2. The number of aliphatic hydroxyl groups is 1. The fourth-order valence-electron chi connectivity index (χ4n) is 11.5. The number of thiazole rings is 1. The minimum absolute atomic E-state index is 0. The summed E-state index contributed by atoms with van der Waals surface area (Å²) in [6.07, 6.45) is 12.8. The number of aryl methyl sites for hydroxylation is 1. The molecule has 16 unspecified atom stereocenters. The van der Waals surface area contributed by atoms with E-state index < -0.39 is 0 Å². The fraction of sp³-hybridized carbons (Fsp3) is 0.615. The van der Waals surface area contributed by atoms with Crippen LogP contribution in [0.4, 0.5) is 23.3 Å². The van der Waals surface area contributed by atoms with Crippen LogP contribution in [0.25, 0.3) is 21.6 Å². The number of piperidine rings is 2. The highest BCUT2D eigenvalue weighted by molar-refractivity contribution is 9.36. The minimum Gasteiger partial charge on any atom is -0.394 e. The van der Waals surface area contributed by atoms with Gasteiger partial charge in [-0.25, -0.2) is 29.9 Å². The molecule has 0 amide bonds. The molecule has 45 heteroatoms. The number of amidine groups is 1. The van der Waals surface area contributed by atoms with Crippen LogP contribution < -0.4 is 24.9 Å². The van der Waals surface area contributed by atoms with E-state index in [0.29, 0.717) is 23.3 Å². The first kappa shape index (κ1) is 84.3. The number of hydrogen-bond donors (Lipinski definition) is 2. The van der Waals surface area contributed by atoms with E-state index in [9.17, 15) is 0 Å². The number of aliphatic imine (C=N–C) groups is 3. The number of fused-ring (bicyclic) bond motifs is 4. The number of thioether (sulfide) groups is 1. The molecule has 14 heterocycles. The molecule has 6 saturated heterocycles. The maximum Gasteiger partial charge on any atom is 0.160 e. The lowest BCUT2D eigenvalue weighted by atomic mass is 9.98. The highest BCUT2D eigenvalue weighted by Crippen LogP contribution is 3.30. The van der Waals surface area contributed by atoms with E-state index in [-0.39, 0.29) is 94.4 Å². The standard InChI is InChI=1S/C24H31N9OS.C18H26N6O.C6H4ClN3S.C3H8O2.CH4.H22P20/c1-16-27-22-23(25-15-26-24(22)35-16)32-8-3-2-5-18(32)17-13-20-28-19(30-6-4-7-30)14-21(33(20)29-17)31-9-11-34-12-10-31;1-2-5-19-14(4-1)15-12-17-20-16(22-6-3-7-22)13-18(24(17)21-15)23-8-10-25-11-9-23;1-3-10-4-5(7)8-2-9-6(4)11-3;1-5-3-2-4;;1-12(2)17(11)20(18(13(3)4)14(5)6)19(15(7)8)16(9)10/h13-15,18,22,24H,2-12H2,1H3;12-14,19H,1-11H2;2H,1H3;4H,2-3H2,1H3;1H4;1-11H2. The molecule has 0 aromatic carbocycles. The van der Waals surface area contributed by atoms with Crippen molar-refractivity contribution in [2.24, 2.45) is 15.0 Å². The van der Waals surface area contributed by atoms with Gasteiger partial charge in [-0.3, -0.25) is 9.98 Å². The van der Waals surface area contributed by atoms with Crippen LogP contribution in [-0.2, 0) is 14.2 Å². The lowest BCUT2D eigenvalue weighted by molar-refractivity contribution is 0.122. The zero-order valence-corrected chi connectivity index (χ0v) is 77.2. The number of nitrogens with zero attached hydrogens (tertiary/aromatic N) is 17. The number of hydrogen-bond acceptors (Lipinski definition) is 22. The summed E-state index contributed by atoms with van der Waals surface area (Å²) in [6.45, 7) is 18.2. The summed E-state index contributed by atoms with van der Waals surface area (Å²) in [7, 11) is 36.3. The first-order valence-electron chi connectivity index (χ1n) is 31.4. The number of ether oxygens (including phenoxy) is 3. The van der Waals surface area contributed by atoms with Gasteiger partial charge < -0.3 is 49.1 Å². The van der Waals surface area contributed by atoms with Crippen LogP contribution in [0.2, 0.25) is 5.15 Å². The normalized spacial score (nSPS) is 21.5. The number of rotatable bonds is 16. The summed E-state index contributed by atoms with van der Waals surface area (Å²) < 4.78 is 19.7. The van der Waals surface area contributed by atoms with Crippen LogP contribution in [0.1, 0.15) is 94.2 Å². The Balaban J connectivity index is 0.000000157. The summed E-state index contributed by atoms with van der Waals surface area (Å²) in [4.78, 5) is 49.0. The quantitative estimate of drug-likeness (QED) is 0.0681. The van der Waals surface area contributed by atoms with Gasteiger partial charge >= 0.3 is 0 Å². The Morgan fingerprint density at radius 1 is 0.649 bits per heavy atom. The molecule has 0 saturated carbocycles. The maximum absolute atomic E-state index is 7.94. The summed E-state index contributed by atoms with van der Waals surface area (Å²) in [5.41, 5.74) is 4.79. The zero-order valence-electron chi connectivity index (χ0n) is 54.1. The number of methoxy groups -OCH3 is 1. The minimum atomic E-state index is 0. The van der Waals surface area contributed by atoms with Crippen LogP contribution >= 0.6 is 196 Å². The highest BCUT2D eigenvalue weighted by atomic mass is 35.5. The van der Waals surface area contributed by atoms with Crippen molar-refractivity contribution in [3.05, 3.63) is 52.1 Å². The van der Waals surface area contributed by atoms with E-state index in [2.05, 4.69) is 188 Å². The Hall–Kier alpha value is 3.26. The summed E-state index contributed by atoms with van der Waals surface area (Å²) in [5.74, 6) is 5.45. The molecule has 0 spiro atoms. The van der Waals surface area contributed by atoms with E-state index >= 15 is 0 Å². The third kappa shape index (κ3) is 22.5. The van der Waals surface area contributed by atoms with Crippen molar-refractivity contribution < 1.29 is 19.3 Å². The van der Waals surface area contributed by atoms with Crippen molar-refractivity contribution in [2.45, 2.75) is 96.1 Å². The average molecular weight is 1760 g/mol. The summed E-state index contributed by atoms with van der Waals surface area (Å²) in [5, 5.41) is 24.3. The molecular formula is C52H95ClN18O4P20S2. The molecule has 6 aromatic rings. The van der Waals surface area contributed by atoms with Gasteiger partial charge in [0, 0.05) is 90.3 Å². The number of aromatic nitrogens is 9. The van der Waals surface area contributed by atoms with Crippen LogP contribution in [0.15, 0.2) is 45.6 Å². The molecule has 8 aliphatic heterocycles. The van der Waals surface area contributed by atoms with E-state index in [1.54, 1.807) is 25.2 Å². The largest absolute Gasteiger partial charge is 0.394 e. The smallest absolute Gasteiger partial charge is 0.160 e. The summed E-state index contributed by atoms with van der Waals surface area (Å²) >= 11 is 9.03. The molecule has 0 bridgehead atoms. The van der Waals surface area contributed by atoms with Gasteiger partial charge in [0.05, 0.1) is 73.2 Å². The fourth-order valence-corrected chi connectivity index (χ4v) is 240. The van der Waals surface area contributed by atoms with Gasteiger partial charge in [0.25, 0.3) is 0 Å². The molecule has 14 rings (SSSR count). The van der Waals surface area contributed by atoms with Crippen molar-refractivity contribution >= 4 is 258 Å². The molecule has 8 aliphatic rings. The van der Waals surface area contributed by atoms with Crippen molar-refractivity contribution in [2.75, 3.05) is 132 Å². The molecule has 2 N–H and O–H groups in total. The van der Waals surface area contributed by atoms with Gasteiger partial charge in [0.2, 0.25) is 0 Å². The predicted molar refractivity (Wildman–Crippen MR) is 478 cm³/mol. The van der Waals surface area contributed by atoms with Crippen molar-refractivity contribution in [1.82, 2.24) is 54.4 Å². The molecule has 0 radical (unpaired) electrons. The number of nitrogens with one attached hydrogen (secondary N) is 1. The van der Waals surface area contributed by atoms with Crippen LogP contribution in [0.3, 0.4) is 0 Å². The topological polar surface area (TPSA) is 212 Å². The molecule has 536 valence electrons. The second-order valence-electron chi connectivity index (χ2n) is 22.9. The first-order valence-corrected chi connectivity index (χ1v) is 69.0. The van der Waals surface area contributed by atoms with E-state index in [1.807, 2.05) is 11.4 Å². The van der Waals surface area contributed by atoms with Gasteiger partial charge in [-0.1, -0.05) is 48.5 Å². The molecule has 6 aromatic heterocycles. The lowest BCUT2D eigenvalue weighted by Gasteiger charge is -2.45. The first-order chi connectivity index (χ1) is 46.3. The third-order valence-corrected chi connectivity index (χ3v) is 144. The van der Waals surface area contributed by atoms with Gasteiger partial charge in [-0.05, 0) is 128 Å². The Kier molecular flexibility index (Phi) is 36.4. The van der Waals surface area contributed by atoms with Gasteiger partial charge in [0.1, 0.15) is 63.5 Å². The molecule has 97 heavy (non-hydrogen) atoms. The van der Waals surface area contributed by atoms with E-state index in [4.69, 9.17) is 56.3 Å². The molecular weight excluding hydrogens is 1660 g/mol. The number of halogens is 1. The van der Waals surface area contributed by atoms with Crippen molar-refractivity contribution in [1.29, 1.82) is 0 Å². The second kappa shape index (κ2) is 41.9. The molecule has 22 nitrogen and oxygen atoms in total. The van der Waals surface area contributed by atoms with Crippen molar-refractivity contribution in [3.63, 3.8) is 0 Å². The van der Waals surface area contributed by atoms with Crippen LogP contribution in [0.5, 0.6) is 0 Å². The lowest BCUT2D eigenvalue weighted by Crippen LogP contribution is -2.47. The number of aliphatic hydroxyl groups excluding tert-OH is 1. The molecule has 16 atom stereocenters. The Morgan fingerprint density at radius 2 is 1.21 bits per heavy atom. The molecule has 0 aliphatic carbocycles. The maximum atomic E-state index is 7.94. The Bertz CT molecular complexity index is 3530. The van der Waals surface area contributed by atoms with Gasteiger partial charge in [0.15, 0.2) is 16.4 Å². The predicted octanol–water partition coefficient (Wildman–Crippen LogP) is 17.8. The molecule has 6 fully saturated rings. The van der Waals surface area contributed by atoms with Crippen molar-refractivity contribution in [3.8, 4) is 0 Å². The van der Waals surface area contributed by atoms with Gasteiger partial charge in [-0.15, -0.1) is 98.2 Å². The summed E-state index contributed by atoms with van der Waals surface area (Å²) in [6, 6.07) is 9.33. The number of likely N-dealkylation sites (tertiary alicyclic amines) is 1. The third-order valence-electron chi connectivity index (χ3n) is 16.3. The Morgan fingerprint density at radius 3 is 1.69 bits per heavy atom. The number of morpholine rings is 2. The van der Waals surface area contributed by atoms with E-state index in [1.165, 1.54) is 49.8 Å². The Labute approximate surface area is 621 Å². The van der Waals surface area contributed by atoms with Crippen LogP contribution in [-0.4, -0.2) is 195 Å². The average Bonchev–Trinajstić information content (AvgIpc) is 1.67. The SMILES string of the molecule is C.CC1=NC2C(N3CCCCC3c3cc4nc(N5CCC5)cc(N5CCOCC5)n4n3)=NC=NC2S1.COCCO.Cc1nc2c(Cl)ncnc2s1.PP(P)P(P)P(P(P(P)P)P(P)P)P(P(P)P)P(P)P.c1c(N2CCC2)nc2cc(C3CCCCN3)nn2c1N1CCOCC1. The monoisotopic (exact) mass is 1750 g/mol. The van der Waals surface area contributed by atoms with Crippen LogP contribution in [0, 0.1) is 6.92 Å². The highest BCUT2D eigenvalue weighted by Gasteiger charge is 2.43. The second-order valence-corrected chi connectivity index (χ2v) is 104.